The average molecular weight is 192 g/mol. The number of nitrogens with one attached hydrogen (secondary N) is 1. The minimum Gasteiger partial charge on any atom is -0.377 e. The van der Waals surface area contributed by atoms with Crippen LogP contribution in [0.4, 0.5) is 0 Å². The predicted octanol–water partition coefficient (Wildman–Crippen LogP) is 1.77. The average Bonchev–Trinajstić information content (AvgIpc) is 2.49. The Morgan fingerprint density at radius 2 is 2.50 bits per heavy atom. The maximum atomic E-state index is 5.80. The molecule has 0 aliphatic carbocycles. The first-order valence-corrected chi connectivity index (χ1v) is 5.19. The van der Waals surface area contributed by atoms with Crippen LogP contribution in [0.1, 0.15) is 26.2 Å². The molecular formula is C9H18ClNO. The normalized spacial score (nSPS) is 26.0. The van der Waals surface area contributed by atoms with E-state index < -0.39 is 0 Å². The molecule has 0 aromatic rings. The van der Waals surface area contributed by atoms with Crippen LogP contribution >= 0.6 is 11.6 Å². The molecule has 1 fully saturated rings. The zero-order chi connectivity index (χ0) is 8.81. The highest BCUT2D eigenvalue weighted by Gasteiger charge is 2.14. The Kier molecular flexibility index (Phi) is 4.96. The molecule has 0 aromatic carbocycles. The van der Waals surface area contributed by atoms with E-state index in [4.69, 9.17) is 16.3 Å². The topological polar surface area (TPSA) is 21.3 Å². The molecule has 1 heterocycles. The molecule has 2 unspecified atom stereocenters. The Morgan fingerprint density at radius 1 is 1.67 bits per heavy atom. The van der Waals surface area contributed by atoms with Crippen LogP contribution in [0.15, 0.2) is 0 Å². The first kappa shape index (κ1) is 10.3. The van der Waals surface area contributed by atoms with Crippen molar-refractivity contribution < 1.29 is 4.74 Å². The van der Waals surface area contributed by atoms with Gasteiger partial charge in [0.2, 0.25) is 0 Å². The van der Waals surface area contributed by atoms with Crippen LogP contribution in [0.5, 0.6) is 0 Å². The third-order valence-electron chi connectivity index (χ3n) is 2.11. The van der Waals surface area contributed by atoms with E-state index in [1.807, 2.05) is 6.92 Å². The minimum atomic E-state index is 0.280. The number of rotatable bonds is 5. The van der Waals surface area contributed by atoms with Crippen molar-refractivity contribution in [1.82, 2.24) is 5.32 Å². The highest BCUT2D eigenvalue weighted by molar-refractivity contribution is 6.20. The summed E-state index contributed by atoms with van der Waals surface area (Å²) in [6.07, 6.45) is 3.92. The zero-order valence-electron chi connectivity index (χ0n) is 7.68. The van der Waals surface area contributed by atoms with Gasteiger partial charge in [0.25, 0.3) is 0 Å². The van der Waals surface area contributed by atoms with Crippen molar-refractivity contribution in [2.24, 2.45) is 0 Å². The molecular weight excluding hydrogens is 174 g/mol. The zero-order valence-corrected chi connectivity index (χ0v) is 8.44. The summed E-state index contributed by atoms with van der Waals surface area (Å²) < 4.78 is 5.46. The summed E-state index contributed by atoms with van der Waals surface area (Å²) >= 11 is 5.80. The van der Waals surface area contributed by atoms with Crippen molar-refractivity contribution in [3.05, 3.63) is 0 Å². The van der Waals surface area contributed by atoms with Crippen LogP contribution in [0.25, 0.3) is 0 Å². The number of halogens is 1. The van der Waals surface area contributed by atoms with Crippen molar-refractivity contribution in [3.8, 4) is 0 Å². The lowest BCUT2D eigenvalue weighted by Gasteiger charge is -2.10. The SMILES string of the molecule is CC(Cl)CCNCC1CCCO1. The Morgan fingerprint density at radius 3 is 3.08 bits per heavy atom. The molecule has 0 radical (unpaired) electrons. The summed E-state index contributed by atoms with van der Waals surface area (Å²) in [4.78, 5) is 0. The summed E-state index contributed by atoms with van der Waals surface area (Å²) in [5, 5.41) is 3.63. The molecule has 0 bridgehead atoms. The van der Waals surface area contributed by atoms with Crippen molar-refractivity contribution in [1.29, 1.82) is 0 Å². The highest BCUT2D eigenvalue weighted by atomic mass is 35.5. The van der Waals surface area contributed by atoms with E-state index in [0.29, 0.717) is 6.10 Å². The molecule has 2 nitrogen and oxygen atoms in total. The van der Waals surface area contributed by atoms with Gasteiger partial charge in [-0.25, -0.2) is 0 Å². The maximum Gasteiger partial charge on any atom is 0.0700 e. The molecule has 3 heteroatoms. The van der Waals surface area contributed by atoms with Gasteiger partial charge in [-0.05, 0) is 32.7 Å². The highest BCUT2D eigenvalue weighted by Crippen LogP contribution is 2.10. The lowest BCUT2D eigenvalue weighted by molar-refractivity contribution is 0.110. The van der Waals surface area contributed by atoms with E-state index >= 15 is 0 Å². The molecule has 0 saturated carbocycles. The first-order valence-electron chi connectivity index (χ1n) is 4.75. The summed E-state index contributed by atoms with van der Waals surface area (Å²) in [5.74, 6) is 0. The second kappa shape index (κ2) is 5.79. The van der Waals surface area contributed by atoms with Crippen molar-refractivity contribution in [3.63, 3.8) is 0 Å². The van der Waals surface area contributed by atoms with Gasteiger partial charge in [-0.1, -0.05) is 0 Å². The van der Waals surface area contributed by atoms with Crippen molar-refractivity contribution in [2.45, 2.75) is 37.7 Å². The lowest BCUT2D eigenvalue weighted by atomic mass is 10.2. The van der Waals surface area contributed by atoms with E-state index in [-0.39, 0.29) is 5.38 Å². The fraction of sp³-hybridized carbons (Fsp3) is 1.00. The summed E-state index contributed by atoms with van der Waals surface area (Å²) in [7, 11) is 0. The second-order valence-electron chi connectivity index (χ2n) is 3.41. The van der Waals surface area contributed by atoms with E-state index in [1.54, 1.807) is 0 Å². The van der Waals surface area contributed by atoms with Crippen molar-refractivity contribution in [2.75, 3.05) is 19.7 Å². The Bertz CT molecular complexity index is 113. The second-order valence-corrected chi connectivity index (χ2v) is 4.15. The molecule has 72 valence electrons. The third-order valence-corrected chi connectivity index (χ3v) is 2.33. The molecule has 0 aromatic heterocycles. The molecule has 1 rings (SSSR count). The van der Waals surface area contributed by atoms with Gasteiger partial charge in [-0.3, -0.25) is 0 Å². The van der Waals surface area contributed by atoms with Gasteiger partial charge >= 0.3 is 0 Å². The quantitative estimate of drug-likeness (QED) is 0.529. The molecule has 1 N–H and O–H groups in total. The molecule has 12 heavy (non-hydrogen) atoms. The number of alkyl halides is 1. The molecule has 1 aliphatic rings. The van der Waals surface area contributed by atoms with Crippen LogP contribution in [0.3, 0.4) is 0 Å². The van der Waals surface area contributed by atoms with Gasteiger partial charge in [0.15, 0.2) is 0 Å². The van der Waals surface area contributed by atoms with Gasteiger partial charge in [-0.15, -0.1) is 11.6 Å². The standard InChI is InChI=1S/C9H18ClNO/c1-8(10)4-5-11-7-9-3-2-6-12-9/h8-9,11H,2-7H2,1H3. The van der Waals surface area contributed by atoms with Crippen LogP contribution in [0, 0.1) is 0 Å². The molecule has 1 aliphatic heterocycles. The number of hydrogen-bond acceptors (Lipinski definition) is 2. The van der Waals surface area contributed by atoms with E-state index in [1.165, 1.54) is 12.8 Å². The summed E-state index contributed by atoms with van der Waals surface area (Å²) in [6, 6.07) is 0. The van der Waals surface area contributed by atoms with Gasteiger partial charge in [0, 0.05) is 18.5 Å². The monoisotopic (exact) mass is 191 g/mol. The van der Waals surface area contributed by atoms with E-state index in [0.717, 1.165) is 26.1 Å². The Labute approximate surface area is 79.6 Å². The molecule has 0 spiro atoms. The molecule has 2 atom stereocenters. The van der Waals surface area contributed by atoms with Crippen molar-refractivity contribution >= 4 is 11.6 Å². The van der Waals surface area contributed by atoms with Crippen LogP contribution < -0.4 is 5.32 Å². The van der Waals surface area contributed by atoms with Gasteiger partial charge in [0.1, 0.15) is 0 Å². The first-order chi connectivity index (χ1) is 5.79. The maximum absolute atomic E-state index is 5.80. The lowest BCUT2D eigenvalue weighted by Crippen LogP contribution is -2.27. The van der Waals surface area contributed by atoms with E-state index in [9.17, 15) is 0 Å². The van der Waals surface area contributed by atoms with Gasteiger partial charge in [0.05, 0.1) is 6.10 Å². The van der Waals surface area contributed by atoms with Crippen LogP contribution in [-0.4, -0.2) is 31.2 Å². The number of hydrogen-bond donors (Lipinski definition) is 1. The van der Waals surface area contributed by atoms with Gasteiger partial charge < -0.3 is 10.1 Å². The molecule has 0 amide bonds. The van der Waals surface area contributed by atoms with E-state index in [2.05, 4.69) is 5.32 Å². The third kappa shape index (κ3) is 4.29. The van der Waals surface area contributed by atoms with Gasteiger partial charge in [-0.2, -0.15) is 0 Å². The Hall–Kier alpha value is 0.210. The Balaban J connectivity index is 1.88. The largest absolute Gasteiger partial charge is 0.377 e. The van der Waals surface area contributed by atoms with Crippen LogP contribution in [0.2, 0.25) is 0 Å². The van der Waals surface area contributed by atoms with Crippen LogP contribution in [-0.2, 0) is 4.74 Å². The smallest absolute Gasteiger partial charge is 0.0700 e. The number of ether oxygens (including phenoxy) is 1. The molecule has 1 saturated heterocycles. The predicted molar refractivity (Wildman–Crippen MR) is 51.8 cm³/mol. The summed E-state index contributed by atoms with van der Waals surface area (Å²) in [6.45, 7) is 4.96. The minimum absolute atomic E-state index is 0.280. The summed E-state index contributed by atoms with van der Waals surface area (Å²) in [5.41, 5.74) is 0. The fourth-order valence-electron chi connectivity index (χ4n) is 1.37. The fourth-order valence-corrected chi connectivity index (χ4v) is 1.48.